The second-order valence-electron chi connectivity index (χ2n) is 8.99. The summed E-state index contributed by atoms with van der Waals surface area (Å²) in [5, 5.41) is 12.6. The second-order valence-corrected chi connectivity index (χ2v) is 9.94. The first-order chi connectivity index (χ1) is 16.8. The van der Waals surface area contributed by atoms with Crippen molar-refractivity contribution in [1.29, 1.82) is 0 Å². The predicted molar refractivity (Wildman–Crippen MR) is 137 cm³/mol. The number of carbonyl (C=O) groups is 2. The Morgan fingerprint density at radius 2 is 1.80 bits per heavy atom. The lowest BCUT2D eigenvalue weighted by atomic mass is 9.96. The van der Waals surface area contributed by atoms with Crippen molar-refractivity contribution in [2.24, 2.45) is 0 Å². The van der Waals surface area contributed by atoms with Gasteiger partial charge in [0.05, 0.1) is 28.0 Å². The molecule has 2 aromatic carbocycles. The normalized spacial score (nSPS) is 14.8. The molecule has 0 spiro atoms. The van der Waals surface area contributed by atoms with Crippen LogP contribution >= 0.6 is 11.8 Å². The van der Waals surface area contributed by atoms with Gasteiger partial charge in [-0.2, -0.15) is 0 Å². The first-order valence-corrected chi connectivity index (χ1v) is 12.6. The van der Waals surface area contributed by atoms with Gasteiger partial charge in [0.1, 0.15) is 5.54 Å². The highest BCUT2D eigenvalue weighted by Gasteiger charge is 2.43. The number of thioether (sulfide) groups is 1. The van der Waals surface area contributed by atoms with Crippen molar-refractivity contribution in [3.63, 3.8) is 0 Å². The summed E-state index contributed by atoms with van der Waals surface area (Å²) in [5.74, 6) is 0.0463. The maximum atomic E-state index is 13.5. The summed E-state index contributed by atoms with van der Waals surface area (Å²) in [6.45, 7) is 6.07. The zero-order valence-corrected chi connectivity index (χ0v) is 20.6. The van der Waals surface area contributed by atoms with Crippen LogP contribution in [0.5, 0.6) is 0 Å². The van der Waals surface area contributed by atoms with Crippen molar-refractivity contribution in [1.82, 2.24) is 19.2 Å². The molecule has 4 aromatic rings. The van der Waals surface area contributed by atoms with Crippen molar-refractivity contribution >= 4 is 51.6 Å². The SMILES string of the molecule is CCCCn1c(=O)c2ccccc2n2c(SCC(=O)N3c4ccccc4NC(=O)C3(C)C)nnc12. The van der Waals surface area contributed by atoms with Crippen LogP contribution in [0, 0.1) is 0 Å². The number of para-hydroxylation sites is 3. The summed E-state index contributed by atoms with van der Waals surface area (Å²) in [6, 6.07) is 14.6. The van der Waals surface area contributed by atoms with E-state index in [-0.39, 0.29) is 23.1 Å². The van der Waals surface area contributed by atoms with E-state index in [4.69, 9.17) is 0 Å². The third-order valence-electron chi connectivity index (χ3n) is 6.30. The van der Waals surface area contributed by atoms with Crippen LogP contribution in [0.2, 0.25) is 0 Å². The summed E-state index contributed by atoms with van der Waals surface area (Å²) >= 11 is 1.24. The predicted octanol–water partition coefficient (Wildman–Crippen LogP) is 3.70. The number of carbonyl (C=O) groups excluding carboxylic acids is 2. The number of anilines is 2. The van der Waals surface area contributed by atoms with Crippen LogP contribution in [0.1, 0.15) is 33.6 Å². The van der Waals surface area contributed by atoms with Crippen LogP contribution in [0.25, 0.3) is 16.7 Å². The van der Waals surface area contributed by atoms with Crippen LogP contribution in [-0.4, -0.2) is 42.3 Å². The fourth-order valence-electron chi connectivity index (χ4n) is 4.43. The molecule has 1 aliphatic rings. The van der Waals surface area contributed by atoms with Crippen molar-refractivity contribution in [3.8, 4) is 0 Å². The van der Waals surface area contributed by atoms with Crippen molar-refractivity contribution in [2.45, 2.75) is 50.9 Å². The van der Waals surface area contributed by atoms with Crippen LogP contribution in [0.3, 0.4) is 0 Å². The quantitative estimate of drug-likeness (QED) is 0.414. The number of hydrogen-bond donors (Lipinski definition) is 1. The number of unbranched alkanes of at least 4 members (excludes halogenated alkanes) is 1. The lowest BCUT2D eigenvalue weighted by Crippen LogP contribution is -2.58. The number of nitrogens with zero attached hydrogens (tertiary/aromatic N) is 5. The molecule has 3 heterocycles. The van der Waals surface area contributed by atoms with E-state index in [9.17, 15) is 14.4 Å². The summed E-state index contributed by atoms with van der Waals surface area (Å²) in [4.78, 5) is 40.9. The summed E-state index contributed by atoms with van der Waals surface area (Å²) < 4.78 is 3.49. The first kappa shape index (κ1) is 23.1. The zero-order chi connectivity index (χ0) is 24.7. The number of benzene rings is 2. The van der Waals surface area contributed by atoms with Gasteiger partial charge in [0.15, 0.2) is 5.16 Å². The van der Waals surface area contributed by atoms with Crippen LogP contribution in [0.15, 0.2) is 58.5 Å². The smallest absolute Gasteiger partial charge is 0.262 e. The van der Waals surface area contributed by atoms with E-state index in [2.05, 4.69) is 22.4 Å². The standard InChI is InChI=1S/C25H26N6O3S/c1-4-5-14-29-21(33)16-10-6-8-12-18(16)30-23(29)27-28-24(30)35-15-20(32)31-19-13-9-7-11-17(19)26-22(34)25(31,2)3/h6-13H,4-5,14-15H2,1-3H3,(H,26,34). The summed E-state index contributed by atoms with van der Waals surface area (Å²) in [5.41, 5.74) is 0.816. The molecule has 2 amide bonds. The van der Waals surface area contributed by atoms with Gasteiger partial charge in [-0.05, 0) is 44.5 Å². The Labute approximate surface area is 206 Å². The minimum Gasteiger partial charge on any atom is -0.322 e. The molecule has 2 aromatic heterocycles. The molecule has 0 saturated heterocycles. The van der Waals surface area contributed by atoms with Crippen molar-refractivity contribution in [2.75, 3.05) is 16.0 Å². The lowest BCUT2D eigenvalue weighted by Gasteiger charge is -2.42. The molecule has 1 aliphatic heterocycles. The third kappa shape index (κ3) is 3.78. The average molecular weight is 491 g/mol. The molecule has 5 rings (SSSR count). The number of hydrogen-bond acceptors (Lipinski definition) is 6. The molecule has 1 N–H and O–H groups in total. The Morgan fingerprint density at radius 3 is 2.60 bits per heavy atom. The minimum absolute atomic E-state index is 0.0499. The molecule has 0 fully saturated rings. The number of aryl methyl sites for hydroxylation is 1. The largest absolute Gasteiger partial charge is 0.322 e. The van der Waals surface area contributed by atoms with Gasteiger partial charge in [-0.1, -0.05) is 49.4 Å². The fourth-order valence-corrected chi connectivity index (χ4v) is 5.22. The Morgan fingerprint density at radius 1 is 1.06 bits per heavy atom. The highest BCUT2D eigenvalue weighted by Crippen LogP contribution is 2.37. The second kappa shape index (κ2) is 8.84. The van der Waals surface area contributed by atoms with E-state index in [0.29, 0.717) is 39.8 Å². The number of amides is 2. The van der Waals surface area contributed by atoms with Crippen LogP contribution in [-0.2, 0) is 16.1 Å². The molecular weight excluding hydrogens is 464 g/mol. The minimum atomic E-state index is -1.05. The van der Waals surface area contributed by atoms with E-state index in [1.807, 2.05) is 40.8 Å². The van der Waals surface area contributed by atoms with Gasteiger partial charge < -0.3 is 5.32 Å². The molecule has 0 unspecified atom stereocenters. The van der Waals surface area contributed by atoms with E-state index >= 15 is 0 Å². The fraction of sp³-hybridized carbons (Fsp3) is 0.320. The average Bonchev–Trinajstić information content (AvgIpc) is 3.27. The highest BCUT2D eigenvalue weighted by molar-refractivity contribution is 7.99. The molecule has 0 aliphatic carbocycles. The van der Waals surface area contributed by atoms with E-state index in [1.54, 1.807) is 35.4 Å². The van der Waals surface area contributed by atoms with Gasteiger partial charge in [-0.15, -0.1) is 10.2 Å². The summed E-state index contributed by atoms with van der Waals surface area (Å²) in [7, 11) is 0. The number of fused-ring (bicyclic) bond motifs is 4. The van der Waals surface area contributed by atoms with Crippen molar-refractivity contribution < 1.29 is 9.59 Å². The molecule has 180 valence electrons. The van der Waals surface area contributed by atoms with Gasteiger partial charge in [0, 0.05) is 6.54 Å². The molecule has 0 radical (unpaired) electrons. The maximum absolute atomic E-state index is 13.5. The van der Waals surface area contributed by atoms with E-state index in [1.165, 1.54) is 11.8 Å². The van der Waals surface area contributed by atoms with Gasteiger partial charge in [-0.25, -0.2) is 0 Å². The van der Waals surface area contributed by atoms with Gasteiger partial charge in [0.2, 0.25) is 17.6 Å². The van der Waals surface area contributed by atoms with E-state index < -0.39 is 5.54 Å². The van der Waals surface area contributed by atoms with Crippen LogP contribution < -0.4 is 15.8 Å². The topological polar surface area (TPSA) is 102 Å². The zero-order valence-electron chi connectivity index (χ0n) is 19.8. The Kier molecular flexibility index (Phi) is 5.84. The van der Waals surface area contributed by atoms with Crippen molar-refractivity contribution in [3.05, 3.63) is 58.9 Å². The molecule has 35 heavy (non-hydrogen) atoms. The monoisotopic (exact) mass is 490 g/mol. The van der Waals surface area contributed by atoms with Gasteiger partial charge >= 0.3 is 0 Å². The van der Waals surface area contributed by atoms with Gasteiger partial charge in [-0.3, -0.25) is 28.3 Å². The third-order valence-corrected chi connectivity index (χ3v) is 7.21. The Balaban J connectivity index is 1.53. The number of nitrogens with one attached hydrogen (secondary N) is 1. The number of aromatic nitrogens is 4. The molecule has 10 heteroatoms. The lowest BCUT2D eigenvalue weighted by molar-refractivity contribution is -0.125. The van der Waals surface area contributed by atoms with E-state index in [0.717, 1.165) is 12.8 Å². The molecule has 0 saturated carbocycles. The summed E-state index contributed by atoms with van der Waals surface area (Å²) in [6.07, 6.45) is 1.78. The highest BCUT2D eigenvalue weighted by atomic mass is 32.2. The first-order valence-electron chi connectivity index (χ1n) is 11.6. The molecule has 0 atom stereocenters. The molecule has 9 nitrogen and oxygen atoms in total. The van der Waals surface area contributed by atoms with Crippen LogP contribution in [0.4, 0.5) is 11.4 Å². The molecular formula is C25H26N6O3S. The Hall–Kier alpha value is -3.66. The van der Waals surface area contributed by atoms with Gasteiger partial charge in [0.25, 0.3) is 5.56 Å². The molecule has 0 bridgehead atoms. The number of rotatable bonds is 6. The Bertz CT molecular complexity index is 1520. The maximum Gasteiger partial charge on any atom is 0.262 e.